The van der Waals surface area contributed by atoms with Crippen LogP contribution in [-0.2, 0) is 20.1 Å². The van der Waals surface area contributed by atoms with Gasteiger partial charge in [-0.25, -0.2) is 0 Å². The second kappa shape index (κ2) is 9.41. The number of hydrogen-bond acceptors (Lipinski definition) is 4. The highest BCUT2D eigenvalue weighted by Gasteiger charge is 2.14. The Labute approximate surface area is 165 Å². The van der Waals surface area contributed by atoms with Crippen LogP contribution in [0.4, 0.5) is 0 Å². The molecule has 27 heavy (non-hydrogen) atoms. The van der Waals surface area contributed by atoms with Crippen molar-refractivity contribution in [1.29, 1.82) is 0 Å². The third-order valence-corrected chi connectivity index (χ3v) is 4.48. The molecular formula is C19H27ClN4O3. The molecule has 1 aromatic heterocycles. The summed E-state index contributed by atoms with van der Waals surface area (Å²) < 4.78 is 18.2. The van der Waals surface area contributed by atoms with Gasteiger partial charge in [0.25, 0.3) is 0 Å². The Morgan fingerprint density at radius 1 is 1.11 bits per heavy atom. The van der Waals surface area contributed by atoms with E-state index in [2.05, 4.69) is 10.3 Å². The standard InChI is InChI=1S/C19H27ClN4O3/c1-21-19(24(3)12-15-8-14(20)11-23(15)2)22-10-13-7-17(26-5)18(27-6)9-16(13)25-4/h7-9,11H,10,12H2,1-6H3,(H,21,22). The molecule has 0 amide bonds. The molecule has 7 nitrogen and oxygen atoms in total. The Kier molecular flexibility index (Phi) is 7.24. The predicted molar refractivity (Wildman–Crippen MR) is 108 cm³/mol. The molecule has 0 radical (unpaired) electrons. The minimum absolute atomic E-state index is 0.522. The minimum atomic E-state index is 0.522. The van der Waals surface area contributed by atoms with E-state index < -0.39 is 0 Å². The Hall–Kier alpha value is -2.54. The van der Waals surface area contributed by atoms with Crippen molar-refractivity contribution in [3.05, 3.63) is 40.7 Å². The summed E-state index contributed by atoms with van der Waals surface area (Å²) >= 11 is 6.07. The third kappa shape index (κ3) is 5.01. The number of methoxy groups -OCH3 is 3. The smallest absolute Gasteiger partial charge is 0.194 e. The molecule has 2 aromatic rings. The summed E-state index contributed by atoms with van der Waals surface area (Å²) in [5.74, 6) is 2.74. The number of ether oxygens (including phenoxy) is 3. The van der Waals surface area contributed by atoms with Crippen molar-refractivity contribution in [3.8, 4) is 17.2 Å². The molecule has 0 aliphatic heterocycles. The molecule has 0 atom stereocenters. The molecule has 0 spiro atoms. The van der Waals surface area contributed by atoms with Crippen molar-refractivity contribution in [3.63, 3.8) is 0 Å². The van der Waals surface area contributed by atoms with Crippen LogP contribution in [0.2, 0.25) is 5.02 Å². The van der Waals surface area contributed by atoms with Crippen molar-refractivity contribution >= 4 is 17.6 Å². The summed E-state index contributed by atoms with van der Waals surface area (Å²) in [6.45, 7) is 1.19. The maximum absolute atomic E-state index is 6.07. The van der Waals surface area contributed by atoms with E-state index >= 15 is 0 Å². The summed E-state index contributed by atoms with van der Waals surface area (Å²) in [6, 6.07) is 5.66. The zero-order chi connectivity index (χ0) is 20.0. The van der Waals surface area contributed by atoms with Crippen LogP contribution in [0.15, 0.2) is 29.4 Å². The number of aromatic nitrogens is 1. The molecule has 1 N–H and O–H groups in total. The number of nitrogens with one attached hydrogen (secondary N) is 1. The van der Waals surface area contributed by atoms with Crippen LogP contribution in [0.1, 0.15) is 11.3 Å². The number of benzene rings is 1. The molecule has 2 rings (SSSR count). The molecule has 0 aliphatic rings. The first-order valence-electron chi connectivity index (χ1n) is 8.44. The van der Waals surface area contributed by atoms with Gasteiger partial charge in [0.1, 0.15) is 5.75 Å². The first-order chi connectivity index (χ1) is 12.9. The van der Waals surface area contributed by atoms with Crippen LogP contribution in [0, 0.1) is 0 Å². The molecule has 0 unspecified atom stereocenters. The van der Waals surface area contributed by atoms with Crippen LogP contribution < -0.4 is 19.5 Å². The number of hydrogen-bond donors (Lipinski definition) is 1. The Balaban J connectivity index is 2.12. The van der Waals surface area contributed by atoms with Crippen LogP contribution >= 0.6 is 11.6 Å². The zero-order valence-corrected chi connectivity index (χ0v) is 17.4. The van der Waals surface area contributed by atoms with E-state index in [1.807, 2.05) is 48.0 Å². The summed E-state index contributed by atoms with van der Waals surface area (Å²) in [7, 11) is 10.5. The maximum atomic E-state index is 6.07. The highest BCUT2D eigenvalue weighted by atomic mass is 35.5. The number of nitrogens with zero attached hydrogens (tertiary/aromatic N) is 3. The lowest BCUT2D eigenvalue weighted by molar-refractivity contribution is 0.347. The second-order valence-corrected chi connectivity index (χ2v) is 6.47. The molecule has 0 fully saturated rings. The van der Waals surface area contributed by atoms with Crippen LogP contribution in [0.3, 0.4) is 0 Å². The van der Waals surface area contributed by atoms with Gasteiger partial charge in [0.15, 0.2) is 17.5 Å². The lowest BCUT2D eigenvalue weighted by Gasteiger charge is -2.23. The fraction of sp³-hybridized carbons (Fsp3) is 0.421. The topological polar surface area (TPSA) is 60.3 Å². The van der Waals surface area contributed by atoms with Gasteiger partial charge >= 0.3 is 0 Å². The molecule has 0 aliphatic carbocycles. The van der Waals surface area contributed by atoms with Gasteiger partial charge in [-0.1, -0.05) is 11.6 Å². The van der Waals surface area contributed by atoms with Crippen molar-refractivity contribution < 1.29 is 14.2 Å². The van der Waals surface area contributed by atoms with Crippen LogP contribution in [0.5, 0.6) is 17.2 Å². The molecule has 1 aromatic carbocycles. The average molecular weight is 395 g/mol. The normalized spacial score (nSPS) is 11.3. The molecule has 148 valence electrons. The maximum Gasteiger partial charge on any atom is 0.194 e. The summed E-state index contributed by atoms with van der Waals surface area (Å²) in [4.78, 5) is 6.39. The third-order valence-electron chi connectivity index (χ3n) is 4.27. The van der Waals surface area contributed by atoms with Crippen molar-refractivity contribution in [2.75, 3.05) is 35.4 Å². The largest absolute Gasteiger partial charge is 0.496 e. The number of halogens is 1. The highest BCUT2D eigenvalue weighted by molar-refractivity contribution is 6.30. The molecular weight excluding hydrogens is 368 g/mol. The van der Waals surface area contributed by atoms with Gasteiger partial charge in [0, 0.05) is 51.2 Å². The summed E-state index contributed by atoms with van der Waals surface area (Å²) in [5.41, 5.74) is 2.03. The molecule has 0 bridgehead atoms. The van der Waals surface area contributed by atoms with Crippen molar-refractivity contribution in [1.82, 2.24) is 14.8 Å². The number of aliphatic imine (C=N–C) groups is 1. The van der Waals surface area contributed by atoms with Gasteiger partial charge in [0.05, 0.1) is 32.9 Å². The van der Waals surface area contributed by atoms with Gasteiger partial charge in [-0.2, -0.15) is 0 Å². The fourth-order valence-corrected chi connectivity index (χ4v) is 3.10. The van der Waals surface area contributed by atoms with E-state index in [1.54, 1.807) is 28.4 Å². The quantitative estimate of drug-likeness (QED) is 0.578. The summed E-state index contributed by atoms with van der Waals surface area (Å²) in [5, 5.41) is 4.07. The van der Waals surface area contributed by atoms with Crippen molar-refractivity contribution in [2.24, 2.45) is 12.0 Å². The average Bonchev–Trinajstić information content (AvgIpc) is 2.98. The first kappa shape index (κ1) is 20.8. The molecule has 1 heterocycles. The first-order valence-corrected chi connectivity index (χ1v) is 8.82. The Morgan fingerprint density at radius 3 is 2.26 bits per heavy atom. The second-order valence-electron chi connectivity index (χ2n) is 6.04. The van der Waals surface area contributed by atoms with E-state index in [-0.39, 0.29) is 0 Å². The highest BCUT2D eigenvalue weighted by Crippen LogP contribution is 2.34. The van der Waals surface area contributed by atoms with Gasteiger partial charge in [-0.15, -0.1) is 0 Å². The van der Waals surface area contributed by atoms with E-state index in [0.29, 0.717) is 30.3 Å². The van der Waals surface area contributed by atoms with Gasteiger partial charge in [-0.05, 0) is 12.1 Å². The van der Waals surface area contributed by atoms with E-state index in [1.165, 1.54) is 0 Å². The zero-order valence-electron chi connectivity index (χ0n) is 16.7. The summed E-state index contributed by atoms with van der Waals surface area (Å²) in [6.07, 6.45) is 1.88. The Bertz CT molecular complexity index is 804. The van der Waals surface area contributed by atoms with Gasteiger partial charge in [0.2, 0.25) is 0 Å². The Morgan fingerprint density at radius 2 is 1.74 bits per heavy atom. The monoisotopic (exact) mass is 394 g/mol. The van der Waals surface area contributed by atoms with Gasteiger partial charge in [-0.3, -0.25) is 4.99 Å². The van der Waals surface area contributed by atoms with Gasteiger partial charge < -0.3 is 29.0 Å². The molecule has 0 saturated heterocycles. The van der Waals surface area contributed by atoms with Crippen molar-refractivity contribution in [2.45, 2.75) is 13.1 Å². The molecule has 8 heteroatoms. The van der Waals surface area contributed by atoms with Crippen LogP contribution in [0.25, 0.3) is 0 Å². The van der Waals surface area contributed by atoms with E-state index in [0.717, 1.165) is 22.2 Å². The number of rotatable bonds is 7. The number of guanidine groups is 1. The molecule has 0 saturated carbocycles. The minimum Gasteiger partial charge on any atom is -0.496 e. The van der Waals surface area contributed by atoms with E-state index in [4.69, 9.17) is 25.8 Å². The lowest BCUT2D eigenvalue weighted by Crippen LogP contribution is -2.38. The van der Waals surface area contributed by atoms with E-state index in [9.17, 15) is 0 Å². The SMILES string of the molecule is CN=C(NCc1cc(OC)c(OC)cc1OC)N(C)Cc1cc(Cl)cn1C. The van der Waals surface area contributed by atoms with Crippen LogP contribution in [-0.4, -0.2) is 50.9 Å². The fourth-order valence-electron chi connectivity index (χ4n) is 2.83. The predicted octanol–water partition coefficient (Wildman–Crippen LogP) is 2.91. The lowest BCUT2D eigenvalue weighted by atomic mass is 10.1. The number of aryl methyl sites for hydroxylation is 1.